The molecule has 2 aromatic rings. The van der Waals surface area contributed by atoms with Crippen molar-refractivity contribution in [3.8, 4) is 17.1 Å². The average molecular weight is 280 g/mol. The Bertz CT molecular complexity index is 568. The zero-order valence-corrected chi connectivity index (χ0v) is 11.7. The van der Waals surface area contributed by atoms with Crippen LogP contribution in [0.3, 0.4) is 0 Å². The third-order valence-electron chi connectivity index (χ3n) is 3.45. The Morgan fingerprint density at radius 3 is 3.05 bits per heavy atom. The predicted molar refractivity (Wildman–Crippen MR) is 77.8 cm³/mol. The van der Waals surface area contributed by atoms with Crippen LogP contribution >= 0.6 is 12.4 Å². The number of methoxy groups -OCH3 is 1. The third kappa shape index (κ3) is 2.60. The number of hydrogen-bond donors (Lipinski definition) is 1. The number of hydrogen-bond acceptors (Lipinski definition) is 3. The maximum Gasteiger partial charge on any atom is 0.140 e. The van der Waals surface area contributed by atoms with Crippen molar-refractivity contribution in [2.24, 2.45) is 5.73 Å². The van der Waals surface area contributed by atoms with Crippen LogP contribution in [0.5, 0.6) is 5.75 Å². The molecule has 0 radical (unpaired) electrons. The number of imidazole rings is 1. The SMILES string of the molecule is COc1cccc(-c2ncc3n2CC(N)CC3)c1.Cl. The van der Waals surface area contributed by atoms with Crippen molar-refractivity contribution in [1.82, 2.24) is 9.55 Å². The van der Waals surface area contributed by atoms with E-state index in [2.05, 4.69) is 15.6 Å². The van der Waals surface area contributed by atoms with Crippen molar-refractivity contribution in [2.45, 2.75) is 25.4 Å². The molecule has 0 amide bonds. The highest BCUT2D eigenvalue weighted by atomic mass is 35.5. The lowest BCUT2D eigenvalue weighted by Crippen LogP contribution is -2.31. The van der Waals surface area contributed by atoms with Gasteiger partial charge in [-0.1, -0.05) is 12.1 Å². The summed E-state index contributed by atoms with van der Waals surface area (Å²) in [6.45, 7) is 0.849. The summed E-state index contributed by atoms with van der Waals surface area (Å²) in [4.78, 5) is 4.53. The Morgan fingerprint density at radius 2 is 2.26 bits per heavy atom. The maximum absolute atomic E-state index is 6.04. The lowest BCUT2D eigenvalue weighted by Gasteiger charge is -2.22. The Morgan fingerprint density at radius 1 is 1.42 bits per heavy atom. The molecule has 1 unspecified atom stereocenters. The summed E-state index contributed by atoms with van der Waals surface area (Å²) in [6, 6.07) is 8.22. The Labute approximate surface area is 119 Å². The summed E-state index contributed by atoms with van der Waals surface area (Å²) < 4.78 is 7.48. The van der Waals surface area contributed by atoms with Crippen molar-refractivity contribution in [1.29, 1.82) is 0 Å². The van der Waals surface area contributed by atoms with Crippen LogP contribution in [0.15, 0.2) is 30.5 Å². The highest BCUT2D eigenvalue weighted by molar-refractivity contribution is 5.85. The maximum atomic E-state index is 6.04. The Balaban J connectivity index is 0.00000133. The minimum Gasteiger partial charge on any atom is -0.497 e. The van der Waals surface area contributed by atoms with Gasteiger partial charge in [0.2, 0.25) is 0 Å². The largest absolute Gasteiger partial charge is 0.497 e. The van der Waals surface area contributed by atoms with Gasteiger partial charge in [0, 0.05) is 30.0 Å². The van der Waals surface area contributed by atoms with Crippen molar-refractivity contribution in [3.63, 3.8) is 0 Å². The number of aromatic nitrogens is 2. The van der Waals surface area contributed by atoms with Gasteiger partial charge in [0.25, 0.3) is 0 Å². The van der Waals surface area contributed by atoms with Gasteiger partial charge in [0.1, 0.15) is 11.6 Å². The van der Waals surface area contributed by atoms with Gasteiger partial charge in [0.15, 0.2) is 0 Å². The van der Waals surface area contributed by atoms with E-state index in [1.165, 1.54) is 5.69 Å². The molecular formula is C14H18ClN3O. The number of nitrogens with two attached hydrogens (primary N) is 1. The van der Waals surface area contributed by atoms with E-state index in [9.17, 15) is 0 Å². The fourth-order valence-corrected chi connectivity index (χ4v) is 2.47. The number of nitrogens with zero attached hydrogens (tertiary/aromatic N) is 2. The molecule has 4 nitrogen and oxygen atoms in total. The molecule has 0 saturated heterocycles. The molecule has 0 aliphatic carbocycles. The molecule has 1 aromatic heterocycles. The van der Waals surface area contributed by atoms with E-state index in [4.69, 9.17) is 10.5 Å². The highest BCUT2D eigenvalue weighted by Gasteiger charge is 2.19. The zero-order chi connectivity index (χ0) is 12.5. The van der Waals surface area contributed by atoms with E-state index in [0.717, 1.165) is 36.5 Å². The first kappa shape index (κ1) is 13.9. The summed E-state index contributed by atoms with van der Waals surface area (Å²) in [5.74, 6) is 1.84. The number of aryl methyl sites for hydroxylation is 1. The lowest BCUT2D eigenvalue weighted by atomic mass is 10.1. The van der Waals surface area contributed by atoms with Crippen LogP contribution in [0, 0.1) is 0 Å². The average Bonchev–Trinajstić information content (AvgIpc) is 2.81. The molecule has 1 atom stereocenters. The number of benzene rings is 1. The molecule has 5 heteroatoms. The van der Waals surface area contributed by atoms with Gasteiger partial charge in [-0.3, -0.25) is 0 Å². The van der Waals surface area contributed by atoms with Gasteiger partial charge >= 0.3 is 0 Å². The van der Waals surface area contributed by atoms with Gasteiger partial charge in [-0.05, 0) is 25.0 Å². The number of fused-ring (bicyclic) bond motifs is 1. The summed E-state index contributed by atoms with van der Waals surface area (Å²) in [7, 11) is 1.68. The van der Waals surface area contributed by atoms with E-state index < -0.39 is 0 Å². The minimum atomic E-state index is 0. The van der Waals surface area contributed by atoms with Crippen molar-refractivity contribution in [2.75, 3.05) is 7.11 Å². The molecular weight excluding hydrogens is 262 g/mol. The van der Waals surface area contributed by atoms with E-state index in [-0.39, 0.29) is 18.4 Å². The second kappa shape index (κ2) is 5.63. The standard InChI is InChI=1S/C14H17N3O.ClH/c1-18-13-4-2-3-10(7-13)14-16-8-12-6-5-11(15)9-17(12)14;/h2-4,7-8,11H,5-6,9,15H2,1H3;1H. The molecule has 102 valence electrons. The summed E-state index contributed by atoms with van der Waals surface area (Å²) >= 11 is 0. The first-order chi connectivity index (χ1) is 8.78. The van der Waals surface area contributed by atoms with Gasteiger partial charge in [-0.25, -0.2) is 4.98 Å². The number of ether oxygens (including phenoxy) is 1. The first-order valence-electron chi connectivity index (χ1n) is 6.22. The molecule has 2 heterocycles. The fraction of sp³-hybridized carbons (Fsp3) is 0.357. The Hall–Kier alpha value is -1.52. The summed E-state index contributed by atoms with van der Waals surface area (Å²) in [5, 5.41) is 0. The predicted octanol–water partition coefficient (Wildman–Crippen LogP) is 2.25. The first-order valence-corrected chi connectivity index (χ1v) is 6.22. The van der Waals surface area contributed by atoms with E-state index in [1.807, 2.05) is 24.4 Å². The molecule has 0 spiro atoms. The van der Waals surface area contributed by atoms with Crippen molar-refractivity contribution >= 4 is 12.4 Å². The van der Waals surface area contributed by atoms with Crippen LogP contribution in [-0.4, -0.2) is 22.7 Å². The molecule has 0 fully saturated rings. The molecule has 2 N–H and O–H groups in total. The molecule has 1 aromatic carbocycles. The molecule has 0 saturated carbocycles. The monoisotopic (exact) mass is 279 g/mol. The topological polar surface area (TPSA) is 53.1 Å². The molecule has 3 rings (SSSR count). The molecule has 1 aliphatic rings. The highest BCUT2D eigenvalue weighted by Crippen LogP contribution is 2.26. The van der Waals surface area contributed by atoms with E-state index in [0.29, 0.717) is 0 Å². The number of halogens is 1. The zero-order valence-electron chi connectivity index (χ0n) is 10.9. The van der Waals surface area contributed by atoms with Crippen LogP contribution in [0.4, 0.5) is 0 Å². The molecule has 1 aliphatic heterocycles. The van der Waals surface area contributed by atoms with Crippen LogP contribution < -0.4 is 10.5 Å². The summed E-state index contributed by atoms with van der Waals surface area (Å²) in [5.41, 5.74) is 8.39. The fourth-order valence-electron chi connectivity index (χ4n) is 2.47. The second-order valence-electron chi connectivity index (χ2n) is 4.71. The van der Waals surface area contributed by atoms with Crippen LogP contribution in [0.2, 0.25) is 0 Å². The van der Waals surface area contributed by atoms with Gasteiger partial charge in [-0.2, -0.15) is 0 Å². The lowest BCUT2D eigenvalue weighted by molar-refractivity contribution is 0.415. The second-order valence-corrected chi connectivity index (χ2v) is 4.71. The van der Waals surface area contributed by atoms with E-state index in [1.54, 1.807) is 7.11 Å². The van der Waals surface area contributed by atoms with Crippen molar-refractivity contribution in [3.05, 3.63) is 36.2 Å². The Kier molecular flexibility index (Phi) is 4.12. The van der Waals surface area contributed by atoms with Gasteiger partial charge in [-0.15, -0.1) is 12.4 Å². The quantitative estimate of drug-likeness (QED) is 0.917. The van der Waals surface area contributed by atoms with Crippen LogP contribution in [0.25, 0.3) is 11.4 Å². The summed E-state index contributed by atoms with van der Waals surface area (Å²) in [6.07, 6.45) is 4.02. The minimum absolute atomic E-state index is 0. The third-order valence-corrected chi connectivity index (χ3v) is 3.45. The molecule has 19 heavy (non-hydrogen) atoms. The number of rotatable bonds is 2. The van der Waals surface area contributed by atoms with E-state index >= 15 is 0 Å². The van der Waals surface area contributed by atoms with Crippen LogP contribution in [-0.2, 0) is 13.0 Å². The smallest absolute Gasteiger partial charge is 0.140 e. The van der Waals surface area contributed by atoms with Gasteiger partial charge < -0.3 is 15.0 Å². The van der Waals surface area contributed by atoms with Crippen LogP contribution in [0.1, 0.15) is 12.1 Å². The van der Waals surface area contributed by atoms with Gasteiger partial charge in [0.05, 0.1) is 7.11 Å². The van der Waals surface area contributed by atoms with Crippen molar-refractivity contribution < 1.29 is 4.74 Å². The molecule has 0 bridgehead atoms. The normalized spacial score (nSPS) is 17.5.